The van der Waals surface area contributed by atoms with Gasteiger partial charge in [0.2, 0.25) is 0 Å². The van der Waals surface area contributed by atoms with E-state index in [2.05, 4.69) is 6.07 Å². The van der Waals surface area contributed by atoms with Crippen molar-refractivity contribution in [3.8, 4) is 5.75 Å². The predicted octanol–water partition coefficient (Wildman–Crippen LogP) is 1.77. The molecule has 16 heavy (non-hydrogen) atoms. The molecule has 1 rings (SSSR count). The summed E-state index contributed by atoms with van der Waals surface area (Å²) < 4.78 is 5.30. The fourth-order valence-corrected chi connectivity index (χ4v) is 2.34. The first-order valence-electron chi connectivity index (χ1n) is 5.36. The second-order valence-electron chi connectivity index (χ2n) is 3.48. The van der Waals surface area contributed by atoms with Gasteiger partial charge in [0.1, 0.15) is 5.75 Å². The first-order valence-corrected chi connectivity index (χ1v) is 6.51. The van der Waals surface area contributed by atoms with Crippen molar-refractivity contribution in [1.82, 2.24) is 0 Å². The van der Waals surface area contributed by atoms with Crippen molar-refractivity contribution < 1.29 is 9.84 Å². The molecule has 3 N–H and O–H groups in total. The van der Waals surface area contributed by atoms with Gasteiger partial charge < -0.3 is 15.6 Å². The van der Waals surface area contributed by atoms with Crippen LogP contribution in [-0.2, 0) is 12.3 Å². The number of rotatable bonds is 7. The van der Waals surface area contributed by atoms with Gasteiger partial charge in [0.15, 0.2) is 0 Å². The van der Waals surface area contributed by atoms with E-state index in [0.717, 1.165) is 29.2 Å². The molecule has 0 saturated heterocycles. The number of ether oxygens (including phenoxy) is 1. The lowest BCUT2D eigenvalue weighted by Crippen LogP contribution is -1.99. The smallest absolute Gasteiger partial charge is 0.122 e. The summed E-state index contributed by atoms with van der Waals surface area (Å²) in [5, 5.41) is 8.69. The highest BCUT2D eigenvalue weighted by Gasteiger charge is 2.04. The topological polar surface area (TPSA) is 55.5 Å². The van der Waals surface area contributed by atoms with Crippen molar-refractivity contribution in [1.29, 1.82) is 0 Å². The maximum Gasteiger partial charge on any atom is 0.122 e. The third-order valence-corrected chi connectivity index (χ3v) is 3.38. The Bertz CT molecular complexity index is 318. The summed E-state index contributed by atoms with van der Waals surface area (Å²) >= 11 is 1.80. The van der Waals surface area contributed by atoms with Gasteiger partial charge in [-0.05, 0) is 29.9 Å². The standard InChI is InChI=1S/C12H19NO2S/c1-15-12-4-3-10(8-13)7-11(12)9-16-6-2-5-14/h3-4,7,14H,2,5-6,8-9,13H2,1H3. The van der Waals surface area contributed by atoms with E-state index in [1.807, 2.05) is 12.1 Å². The van der Waals surface area contributed by atoms with E-state index in [9.17, 15) is 0 Å². The predicted molar refractivity (Wildman–Crippen MR) is 68.8 cm³/mol. The van der Waals surface area contributed by atoms with Crippen molar-refractivity contribution in [2.45, 2.75) is 18.7 Å². The molecule has 0 bridgehead atoms. The zero-order valence-electron chi connectivity index (χ0n) is 9.61. The fourth-order valence-electron chi connectivity index (χ4n) is 1.42. The molecule has 1 aromatic carbocycles. The third-order valence-electron chi connectivity index (χ3n) is 2.28. The quantitative estimate of drug-likeness (QED) is 0.714. The normalized spacial score (nSPS) is 10.4. The van der Waals surface area contributed by atoms with Crippen LogP contribution in [0.2, 0.25) is 0 Å². The minimum Gasteiger partial charge on any atom is -0.496 e. The fraction of sp³-hybridized carbons (Fsp3) is 0.500. The monoisotopic (exact) mass is 241 g/mol. The van der Waals surface area contributed by atoms with E-state index in [4.69, 9.17) is 15.6 Å². The highest BCUT2D eigenvalue weighted by molar-refractivity contribution is 7.98. The highest BCUT2D eigenvalue weighted by Crippen LogP contribution is 2.24. The second-order valence-corrected chi connectivity index (χ2v) is 4.59. The SMILES string of the molecule is COc1ccc(CN)cc1CSCCCO. The summed E-state index contributed by atoms with van der Waals surface area (Å²) in [6.07, 6.45) is 0.837. The Morgan fingerprint density at radius 1 is 1.44 bits per heavy atom. The van der Waals surface area contributed by atoms with Gasteiger partial charge in [-0.25, -0.2) is 0 Å². The van der Waals surface area contributed by atoms with Crippen molar-refractivity contribution >= 4 is 11.8 Å². The number of methoxy groups -OCH3 is 1. The van der Waals surface area contributed by atoms with Crippen LogP contribution in [0, 0.1) is 0 Å². The third kappa shape index (κ3) is 4.04. The molecule has 3 nitrogen and oxygen atoms in total. The van der Waals surface area contributed by atoms with Gasteiger partial charge in [0, 0.05) is 24.5 Å². The summed E-state index contributed by atoms with van der Waals surface area (Å²) in [7, 11) is 1.68. The van der Waals surface area contributed by atoms with Gasteiger partial charge in [-0.3, -0.25) is 0 Å². The van der Waals surface area contributed by atoms with Gasteiger partial charge in [-0.2, -0.15) is 11.8 Å². The van der Waals surface area contributed by atoms with Crippen LogP contribution in [0.3, 0.4) is 0 Å². The maximum atomic E-state index is 8.69. The number of nitrogens with two attached hydrogens (primary N) is 1. The molecule has 0 aliphatic heterocycles. The Morgan fingerprint density at radius 3 is 2.88 bits per heavy atom. The molecule has 0 unspecified atom stereocenters. The van der Waals surface area contributed by atoms with Gasteiger partial charge >= 0.3 is 0 Å². The summed E-state index contributed by atoms with van der Waals surface area (Å²) in [4.78, 5) is 0. The van der Waals surface area contributed by atoms with Crippen LogP contribution in [0.4, 0.5) is 0 Å². The van der Waals surface area contributed by atoms with E-state index in [-0.39, 0.29) is 6.61 Å². The molecule has 0 atom stereocenters. The van der Waals surface area contributed by atoms with Crippen molar-refractivity contribution in [3.05, 3.63) is 29.3 Å². The molecular formula is C12H19NO2S. The van der Waals surface area contributed by atoms with Gasteiger partial charge in [0.25, 0.3) is 0 Å². The molecule has 90 valence electrons. The van der Waals surface area contributed by atoms with Crippen LogP contribution < -0.4 is 10.5 Å². The Labute approximate surface area is 101 Å². The van der Waals surface area contributed by atoms with E-state index >= 15 is 0 Å². The Hall–Kier alpha value is -0.710. The summed E-state index contributed by atoms with van der Waals surface area (Å²) in [5.74, 6) is 2.78. The lowest BCUT2D eigenvalue weighted by atomic mass is 10.1. The summed E-state index contributed by atoms with van der Waals surface area (Å²) in [5.41, 5.74) is 7.90. The molecule has 1 aromatic rings. The molecule has 0 amide bonds. The number of benzene rings is 1. The number of hydrogen-bond acceptors (Lipinski definition) is 4. The van der Waals surface area contributed by atoms with E-state index in [0.29, 0.717) is 6.54 Å². The molecule has 0 aliphatic carbocycles. The van der Waals surface area contributed by atoms with Crippen LogP contribution in [0.1, 0.15) is 17.5 Å². The van der Waals surface area contributed by atoms with Gasteiger partial charge in [-0.1, -0.05) is 6.07 Å². The largest absolute Gasteiger partial charge is 0.496 e. The maximum absolute atomic E-state index is 8.69. The second kappa shape index (κ2) is 7.54. The van der Waals surface area contributed by atoms with E-state index in [1.54, 1.807) is 18.9 Å². The van der Waals surface area contributed by atoms with Crippen molar-refractivity contribution in [2.24, 2.45) is 5.73 Å². The number of aliphatic hydroxyl groups excluding tert-OH is 1. The van der Waals surface area contributed by atoms with Crippen molar-refractivity contribution in [3.63, 3.8) is 0 Å². The Morgan fingerprint density at radius 2 is 2.25 bits per heavy atom. The number of hydrogen-bond donors (Lipinski definition) is 2. The highest BCUT2D eigenvalue weighted by atomic mass is 32.2. The van der Waals surface area contributed by atoms with Crippen LogP contribution in [0.25, 0.3) is 0 Å². The summed E-state index contributed by atoms with van der Waals surface area (Å²) in [6.45, 7) is 0.811. The van der Waals surface area contributed by atoms with Crippen molar-refractivity contribution in [2.75, 3.05) is 19.5 Å². The zero-order valence-corrected chi connectivity index (χ0v) is 10.4. The zero-order chi connectivity index (χ0) is 11.8. The van der Waals surface area contributed by atoms with Crippen LogP contribution in [0.15, 0.2) is 18.2 Å². The van der Waals surface area contributed by atoms with Crippen LogP contribution in [0.5, 0.6) is 5.75 Å². The first-order chi connectivity index (χ1) is 7.81. The Kier molecular flexibility index (Phi) is 6.30. The molecule has 0 aliphatic rings. The molecule has 0 heterocycles. The molecule has 4 heteroatoms. The molecule has 0 radical (unpaired) electrons. The van der Waals surface area contributed by atoms with Crippen LogP contribution >= 0.6 is 11.8 Å². The lowest BCUT2D eigenvalue weighted by Gasteiger charge is -2.09. The molecule has 0 saturated carbocycles. The number of aliphatic hydroxyl groups is 1. The molecular weight excluding hydrogens is 222 g/mol. The molecule has 0 aromatic heterocycles. The number of thioether (sulfide) groups is 1. The average Bonchev–Trinajstić information content (AvgIpc) is 2.34. The average molecular weight is 241 g/mol. The van der Waals surface area contributed by atoms with Crippen LogP contribution in [-0.4, -0.2) is 24.6 Å². The minimum atomic E-state index is 0.257. The lowest BCUT2D eigenvalue weighted by molar-refractivity contribution is 0.296. The minimum absolute atomic E-state index is 0.257. The van der Waals surface area contributed by atoms with E-state index in [1.165, 1.54) is 5.56 Å². The molecule has 0 fully saturated rings. The van der Waals surface area contributed by atoms with E-state index < -0.39 is 0 Å². The van der Waals surface area contributed by atoms with Gasteiger partial charge in [0.05, 0.1) is 7.11 Å². The summed E-state index contributed by atoms with van der Waals surface area (Å²) in [6, 6.07) is 6.04. The Balaban J connectivity index is 2.60. The van der Waals surface area contributed by atoms with Gasteiger partial charge in [-0.15, -0.1) is 0 Å². The first kappa shape index (κ1) is 13.4. The molecule has 0 spiro atoms.